The first-order valence-electron chi connectivity index (χ1n) is 16.0. The van der Waals surface area contributed by atoms with Crippen molar-refractivity contribution in [2.75, 3.05) is 61.1 Å². The van der Waals surface area contributed by atoms with Crippen molar-refractivity contribution in [3.05, 3.63) is 24.0 Å². The molecule has 230 valence electrons. The maximum Gasteiger partial charge on any atom is 0.263 e. The van der Waals surface area contributed by atoms with E-state index in [0.717, 1.165) is 76.8 Å². The van der Waals surface area contributed by atoms with Gasteiger partial charge in [0, 0.05) is 52.1 Å². The Hall–Kier alpha value is -2.56. The summed E-state index contributed by atoms with van der Waals surface area (Å²) in [6, 6.07) is 2.57. The number of nitrogen functional groups attached to an aromatic ring is 1. The molecule has 6 rings (SSSR count). The summed E-state index contributed by atoms with van der Waals surface area (Å²) in [5.74, 6) is 0.657. The van der Waals surface area contributed by atoms with Crippen molar-refractivity contribution in [3.8, 4) is 0 Å². The number of piperidine rings is 1. The van der Waals surface area contributed by atoms with Gasteiger partial charge in [0.1, 0.15) is 11.4 Å². The molecule has 5 heterocycles. The van der Waals surface area contributed by atoms with Gasteiger partial charge in [-0.1, -0.05) is 44.9 Å². The number of nitrogens with one attached hydrogen (secondary N) is 2. The monoisotopic (exact) mass is 598 g/mol. The fraction of sp³-hybridized carbons (Fsp3) is 0.710. The van der Waals surface area contributed by atoms with Crippen molar-refractivity contribution in [2.24, 2.45) is 0 Å². The second-order valence-electron chi connectivity index (χ2n) is 12.7. The number of nitrogens with two attached hydrogens (primary N) is 1. The third-order valence-corrected chi connectivity index (χ3v) is 10.8. The highest BCUT2D eigenvalue weighted by atomic mass is 35.5. The molecule has 42 heavy (non-hydrogen) atoms. The lowest BCUT2D eigenvalue weighted by Crippen LogP contribution is -2.50. The van der Waals surface area contributed by atoms with Gasteiger partial charge < -0.3 is 26.0 Å². The summed E-state index contributed by atoms with van der Waals surface area (Å²) in [5, 5.41) is 11.2. The summed E-state index contributed by atoms with van der Waals surface area (Å²) >= 11 is 7.06. The highest BCUT2D eigenvalue weighted by Crippen LogP contribution is 2.44. The molecule has 2 aromatic rings. The number of halogens is 1. The van der Waals surface area contributed by atoms with Crippen molar-refractivity contribution in [1.29, 1.82) is 0 Å². The van der Waals surface area contributed by atoms with Crippen molar-refractivity contribution in [2.45, 2.75) is 100 Å². The number of ether oxygens (including phenoxy) is 1. The zero-order valence-corrected chi connectivity index (χ0v) is 25.7. The average Bonchev–Trinajstić information content (AvgIpc) is 3.63. The molecule has 10 nitrogen and oxygen atoms in total. The first kappa shape index (κ1) is 29.5. The van der Waals surface area contributed by atoms with E-state index in [1.54, 1.807) is 12.4 Å². The molecule has 2 atom stereocenters. The second kappa shape index (κ2) is 13.0. The molecule has 3 aliphatic heterocycles. The van der Waals surface area contributed by atoms with Crippen molar-refractivity contribution >= 4 is 40.5 Å². The van der Waals surface area contributed by atoms with Crippen LogP contribution in [0.1, 0.15) is 87.4 Å². The number of hydrogen-bond acceptors (Lipinski definition) is 8. The van der Waals surface area contributed by atoms with Crippen LogP contribution in [0.25, 0.3) is 0 Å². The third-order valence-electron chi connectivity index (χ3n) is 10.2. The van der Waals surface area contributed by atoms with E-state index < -0.39 is 0 Å². The van der Waals surface area contributed by atoms with Crippen molar-refractivity contribution in [1.82, 2.24) is 19.7 Å². The number of methoxy groups -OCH3 is 1. The van der Waals surface area contributed by atoms with Crippen LogP contribution in [-0.2, 0) is 10.3 Å². The van der Waals surface area contributed by atoms with Gasteiger partial charge in [0.15, 0.2) is 5.82 Å². The van der Waals surface area contributed by atoms with Crippen LogP contribution in [0.15, 0.2) is 18.5 Å². The molecule has 0 aromatic carbocycles. The van der Waals surface area contributed by atoms with Gasteiger partial charge in [0.25, 0.3) is 5.91 Å². The summed E-state index contributed by atoms with van der Waals surface area (Å²) in [7, 11) is 1.81. The lowest BCUT2D eigenvalue weighted by molar-refractivity contribution is 0.0975. The van der Waals surface area contributed by atoms with E-state index in [-0.39, 0.29) is 22.6 Å². The maximum atomic E-state index is 13.9. The summed E-state index contributed by atoms with van der Waals surface area (Å²) < 4.78 is 7.56. The predicted octanol–water partition coefficient (Wildman–Crippen LogP) is 5.05. The molecule has 1 saturated carbocycles. The first-order chi connectivity index (χ1) is 20.5. The summed E-state index contributed by atoms with van der Waals surface area (Å²) in [6.07, 6.45) is 17.5. The molecule has 2 unspecified atom stereocenters. The van der Waals surface area contributed by atoms with E-state index in [1.807, 2.05) is 17.9 Å². The number of amides is 1. The Morgan fingerprint density at radius 2 is 1.81 bits per heavy atom. The van der Waals surface area contributed by atoms with Crippen LogP contribution in [0.5, 0.6) is 0 Å². The van der Waals surface area contributed by atoms with Crippen LogP contribution < -0.4 is 21.3 Å². The minimum Gasteiger partial charge on any atom is -0.381 e. The minimum atomic E-state index is -0.339. The Bertz CT molecular complexity index is 1220. The number of alkyl halides is 1. The van der Waals surface area contributed by atoms with Crippen molar-refractivity contribution in [3.63, 3.8) is 0 Å². The molecule has 0 radical (unpaired) electrons. The molecular weight excluding hydrogens is 552 g/mol. The van der Waals surface area contributed by atoms with E-state index in [2.05, 4.69) is 25.4 Å². The van der Waals surface area contributed by atoms with Crippen LogP contribution >= 0.6 is 11.6 Å². The maximum absolute atomic E-state index is 13.9. The van der Waals surface area contributed by atoms with Crippen molar-refractivity contribution < 1.29 is 9.53 Å². The highest BCUT2D eigenvalue weighted by Gasteiger charge is 2.46. The van der Waals surface area contributed by atoms with Gasteiger partial charge in [-0.15, -0.1) is 11.6 Å². The molecule has 3 fully saturated rings. The fourth-order valence-electron chi connectivity index (χ4n) is 7.74. The smallest absolute Gasteiger partial charge is 0.263 e. The summed E-state index contributed by atoms with van der Waals surface area (Å²) in [5.41, 5.74) is 8.24. The van der Waals surface area contributed by atoms with Gasteiger partial charge in [-0.05, 0) is 38.2 Å². The van der Waals surface area contributed by atoms with E-state index in [4.69, 9.17) is 27.2 Å². The van der Waals surface area contributed by atoms with Crippen LogP contribution in [0.4, 0.5) is 23.0 Å². The lowest BCUT2D eigenvalue weighted by atomic mass is 9.81. The van der Waals surface area contributed by atoms with Gasteiger partial charge in [0.05, 0.1) is 34.6 Å². The fourth-order valence-corrected chi connectivity index (χ4v) is 8.13. The Morgan fingerprint density at radius 3 is 2.50 bits per heavy atom. The minimum absolute atomic E-state index is 0.117. The Balaban J connectivity index is 1.19. The third kappa shape index (κ3) is 5.82. The number of anilines is 4. The van der Waals surface area contributed by atoms with E-state index in [9.17, 15) is 4.79 Å². The molecule has 11 heteroatoms. The number of aromatic nitrogens is 3. The Morgan fingerprint density at radius 1 is 1.10 bits per heavy atom. The lowest BCUT2D eigenvalue weighted by Gasteiger charge is -2.43. The SMILES string of the molecule is COC1CCN(C2CCN(c3ccncc3NC(=O)c3c(N)nn4c3NCC(Cl)C43CCCCCCCCC3)CC2)C1. The number of nitrogens with zero attached hydrogens (tertiary/aromatic N) is 5. The van der Waals surface area contributed by atoms with E-state index >= 15 is 0 Å². The molecule has 2 saturated heterocycles. The second-order valence-corrected chi connectivity index (χ2v) is 13.2. The highest BCUT2D eigenvalue weighted by molar-refractivity contribution is 6.22. The number of hydrogen-bond donors (Lipinski definition) is 3. The number of pyridine rings is 1. The molecule has 4 aliphatic rings. The Kier molecular flexibility index (Phi) is 9.12. The molecular formula is C31H47ClN8O2. The largest absolute Gasteiger partial charge is 0.381 e. The standard InChI is InChI=1S/C31H47ClN8O2/c1-42-23-12-18-39(21-23)22-10-16-38(17-11-22)25-9-15-34-19-24(25)36-30(41)27-28(33)37-40-29(27)35-20-26(32)31(40)13-7-5-3-2-4-6-8-14-31/h9,15,19,22-23,26,35H,2-8,10-14,16-18,20-21H2,1H3,(H2,33,37)(H,36,41). The average molecular weight is 599 g/mol. The number of carbonyl (C=O) groups is 1. The number of likely N-dealkylation sites (tertiary alicyclic amines) is 1. The topological polar surface area (TPSA) is 114 Å². The normalized spacial score (nSPS) is 25.6. The van der Waals surface area contributed by atoms with E-state index in [1.165, 1.54) is 32.1 Å². The predicted molar refractivity (Wildman–Crippen MR) is 169 cm³/mol. The van der Waals surface area contributed by atoms with Crippen LogP contribution in [0.3, 0.4) is 0 Å². The van der Waals surface area contributed by atoms with E-state index in [0.29, 0.717) is 35.8 Å². The van der Waals surface area contributed by atoms with Gasteiger partial charge in [0.2, 0.25) is 0 Å². The van der Waals surface area contributed by atoms with Gasteiger partial charge >= 0.3 is 0 Å². The van der Waals surface area contributed by atoms with Crippen LogP contribution in [0, 0.1) is 0 Å². The molecule has 1 amide bonds. The summed E-state index contributed by atoms with van der Waals surface area (Å²) in [4.78, 5) is 23.2. The van der Waals surface area contributed by atoms with Crippen LogP contribution in [-0.4, -0.2) is 82.9 Å². The molecule has 2 aromatic heterocycles. The van der Waals surface area contributed by atoms with Gasteiger partial charge in [-0.2, -0.15) is 5.10 Å². The summed E-state index contributed by atoms with van der Waals surface area (Å²) in [6.45, 7) is 4.57. The number of rotatable bonds is 5. The molecule has 4 N–H and O–H groups in total. The van der Waals surface area contributed by atoms with Crippen LogP contribution in [0.2, 0.25) is 0 Å². The molecule has 1 aliphatic carbocycles. The Labute approximate surface area is 254 Å². The van der Waals surface area contributed by atoms with Gasteiger partial charge in [-0.25, -0.2) is 4.68 Å². The number of fused-ring (bicyclic) bond motifs is 2. The molecule has 0 bridgehead atoms. The van der Waals surface area contributed by atoms with Gasteiger partial charge in [-0.3, -0.25) is 14.7 Å². The number of carbonyl (C=O) groups excluding carboxylic acids is 1. The quantitative estimate of drug-likeness (QED) is 0.410. The zero-order valence-electron chi connectivity index (χ0n) is 25.0. The zero-order chi connectivity index (χ0) is 29.1. The molecule has 1 spiro atoms. The first-order valence-corrected chi connectivity index (χ1v) is 16.5.